The summed E-state index contributed by atoms with van der Waals surface area (Å²) in [5.41, 5.74) is 1.22. The zero-order valence-electron chi connectivity index (χ0n) is 11.3. The van der Waals surface area contributed by atoms with Crippen molar-refractivity contribution in [1.29, 1.82) is 0 Å². The molecule has 1 amide bonds. The van der Waals surface area contributed by atoms with Crippen LogP contribution in [0.3, 0.4) is 0 Å². The monoisotopic (exact) mass is 274 g/mol. The summed E-state index contributed by atoms with van der Waals surface area (Å²) in [4.78, 5) is 26.3. The number of hydrogen-bond donors (Lipinski definition) is 3. The summed E-state index contributed by atoms with van der Waals surface area (Å²) in [6, 6.07) is 1.69. The largest absolute Gasteiger partial charge is 0.477 e. The third kappa shape index (κ3) is 1.55. The van der Waals surface area contributed by atoms with Crippen LogP contribution < -0.4 is 5.32 Å². The molecule has 1 heterocycles. The number of carboxylic acids is 1. The fourth-order valence-electron chi connectivity index (χ4n) is 4.75. The van der Waals surface area contributed by atoms with Crippen LogP contribution >= 0.6 is 0 Å². The van der Waals surface area contributed by atoms with E-state index < -0.39 is 5.97 Å². The molecule has 3 fully saturated rings. The van der Waals surface area contributed by atoms with Gasteiger partial charge in [-0.3, -0.25) is 4.79 Å². The standard InChI is InChI=1S/C15H18N2O3/c1-6-4-9(13(16-6)15(19)20)17-14(18)12-10-7-2-3-8(5-7)11(10)12/h4,7-8,10-12,16H,2-3,5H2,1H3,(H,17,18)(H,19,20). The van der Waals surface area contributed by atoms with Gasteiger partial charge in [0.05, 0.1) is 5.69 Å². The number of amides is 1. The Morgan fingerprint density at radius 2 is 1.95 bits per heavy atom. The van der Waals surface area contributed by atoms with Crippen molar-refractivity contribution < 1.29 is 14.7 Å². The van der Waals surface area contributed by atoms with Gasteiger partial charge in [-0.25, -0.2) is 4.79 Å². The minimum absolute atomic E-state index is 0.0121. The zero-order chi connectivity index (χ0) is 14.0. The van der Waals surface area contributed by atoms with Gasteiger partial charge in [0.25, 0.3) is 0 Å². The van der Waals surface area contributed by atoms with Crippen LogP contribution in [-0.4, -0.2) is 22.0 Å². The molecule has 0 aromatic carbocycles. The molecule has 2 bridgehead atoms. The maximum atomic E-state index is 12.4. The normalized spacial score (nSPS) is 36.8. The smallest absolute Gasteiger partial charge is 0.354 e. The second-order valence-corrected chi connectivity index (χ2v) is 6.55. The fourth-order valence-corrected chi connectivity index (χ4v) is 4.75. The molecule has 20 heavy (non-hydrogen) atoms. The summed E-state index contributed by atoms with van der Waals surface area (Å²) in [5, 5.41) is 11.9. The van der Waals surface area contributed by atoms with E-state index in [1.165, 1.54) is 19.3 Å². The molecule has 0 saturated heterocycles. The quantitative estimate of drug-likeness (QED) is 0.790. The van der Waals surface area contributed by atoms with Gasteiger partial charge < -0.3 is 15.4 Å². The van der Waals surface area contributed by atoms with Crippen molar-refractivity contribution in [2.75, 3.05) is 5.32 Å². The van der Waals surface area contributed by atoms with Crippen molar-refractivity contribution in [3.8, 4) is 0 Å². The molecular formula is C15H18N2O3. The lowest BCUT2D eigenvalue weighted by Gasteiger charge is -2.09. The van der Waals surface area contributed by atoms with Gasteiger partial charge in [0.2, 0.25) is 5.91 Å². The molecule has 106 valence electrons. The molecule has 5 nitrogen and oxygen atoms in total. The predicted octanol–water partition coefficient (Wildman–Crippen LogP) is 2.25. The van der Waals surface area contributed by atoms with Crippen LogP contribution in [0.2, 0.25) is 0 Å². The third-order valence-corrected chi connectivity index (χ3v) is 5.46. The number of carbonyl (C=O) groups is 2. The number of H-pyrrole nitrogens is 1. The Bertz CT molecular complexity index is 590. The number of carboxylic acid groups (broad SMARTS) is 1. The first-order chi connectivity index (χ1) is 9.56. The molecule has 4 unspecified atom stereocenters. The highest BCUT2D eigenvalue weighted by Gasteiger charge is 2.67. The van der Waals surface area contributed by atoms with Crippen LogP contribution in [0, 0.1) is 36.5 Å². The highest BCUT2D eigenvalue weighted by atomic mass is 16.4. The summed E-state index contributed by atoms with van der Waals surface area (Å²) in [6.07, 6.45) is 3.86. The Labute approximate surface area is 116 Å². The maximum absolute atomic E-state index is 12.4. The van der Waals surface area contributed by atoms with E-state index in [-0.39, 0.29) is 17.5 Å². The van der Waals surface area contributed by atoms with Crippen molar-refractivity contribution >= 4 is 17.6 Å². The van der Waals surface area contributed by atoms with Crippen molar-refractivity contribution in [2.45, 2.75) is 26.2 Å². The maximum Gasteiger partial charge on any atom is 0.354 e. The van der Waals surface area contributed by atoms with Gasteiger partial charge in [-0.2, -0.15) is 0 Å². The fraction of sp³-hybridized carbons (Fsp3) is 0.600. The number of aryl methyl sites for hydroxylation is 1. The van der Waals surface area contributed by atoms with Gasteiger partial charge in [-0.05, 0) is 55.9 Å². The summed E-state index contributed by atoms with van der Waals surface area (Å²) >= 11 is 0. The van der Waals surface area contributed by atoms with E-state index in [0.717, 1.165) is 17.5 Å². The molecule has 4 atom stereocenters. The average Bonchev–Trinajstić information content (AvgIpc) is 2.71. The molecule has 1 aromatic rings. The predicted molar refractivity (Wildman–Crippen MR) is 72.4 cm³/mol. The number of fused-ring (bicyclic) bond motifs is 5. The number of aromatic amines is 1. The molecule has 4 rings (SSSR count). The molecule has 3 saturated carbocycles. The molecule has 3 aliphatic rings. The Morgan fingerprint density at radius 3 is 2.55 bits per heavy atom. The van der Waals surface area contributed by atoms with E-state index in [4.69, 9.17) is 5.11 Å². The van der Waals surface area contributed by atoms with E-state index in [1.54, 1.807) is 13.0 Å². The SMILES string of the molecule is Cc1cc(NC(=O)C2C3C4CCC(C4)C23)c(C(=O)O)[nH]1. The summed E-state index contributed by atoms with van der Waals surface area (Å²) < 4.78 is 0. The minimum Gasteiger partial charge on any atom is -0.477 e. The number of carbonyl (C=O) groups excluding carboxylic acids is 1. The van der Waals surface area contributed by atoms with Crippen molar-refractivity contribution in [1.82, 2.24) is 4.98 Å². The van der Waals surface area contributed by atoms with Crippen molar-refractivity contribution in [3.63, 3.8) is 0 Å². The lowest BCUT2D eigenvalue weighted by Crippen LogP contribution is -2.19. The van der Waals surface area contributed by atoms with Gasteiger partial charge in [0.1, 0.15) is 5.69 Å². The lowest BCUT2D eigenvalue weighted by atomic mass is 10.0. The number of hydrogen-bond acceptors (Lipinski definition) is 2. The van der Waals surface area contributed by atoms with E-state index in [2.05, 4.69) is 10.3 Å². The number of rotatable bonds is 3. The van der Waals surface area contributed by atoms with E-state index in [9.17, 15) is 9.59 Å². The van der Waals surface area contributed by atoms with Crippen LogP contribution in [0.25, 0.3) is 0 Å². The molecule has 1 aromatic heterocycles. The average molecular weight is 274 g/mol. The Balaban J connectivity index is 1.51. The first kappa shape index (κ1) is 12.0. The minimum atomic E-state index is -1.04. The van der Waals surface area contributed by atoms with Crippen LogP contribution in [0.1, 0.15) is 35.4 Å². The molecule has 0 radical (unpaired) electrons. The van der Waals surface area contributed by atoms with Gasteiger partial charge >= 0.3 is 5.97 Å². The van der Waals surface area contributed by atoms with Crippen LogP contribution in [0.5, 0.6) is 0 Å². The van der Waals surface area contributed by atoms with Crippen LogP contribution in [0.4, 0.5) is 5.69 Å². The van der Waals surface area contributed by atoms with Crippen molar-refractivity contribution in [3.05, 3.63) is 17.5 Å². The van der Waals surface area contributed by atoms with Gasteiger partial charge in [0.15, 0.2) is 0 Å². The molecular weight excluding hydrogens is 256 g/mol. The number of aromatic nitrogens is 1. The molecule has 3 aliphatic carbocycles. The number of nitrogens with one attached hydrogen (secondary N) is 2. The van der Waals surface area contributed by atoms with Crippen molar-refractivity contribution in [2.24, 2.45) is 29.6 Å². The first-order valence-electron chi connectivity index (χ1n) is 7.30. The first-order valence-corrected chi connectivity index (χ1v) is 7.30. The second kappa shape index (κ2) is 3.87. The Kier molecular flexibility index (Phi) is 2.32. The molecule has 0 spiro atoms. The topological polar surface area (TPSA) is 82.2 Å². The van der Waals surface area contributed by atoms with Crippen LogP contribution in [-0.2, 0) is 4.79 Å². The molecule has 0 aliphatic heterocycles. The second-order valence-electron chi connectivity index (χ2n) is 6.55. The molecule has 3 N–H and O–H groups in total. The summed E-state index contributed by atoms with van der Waals surface area (Å²) in [6.45, 7) is 1.79. The summed E-state index contributed by atoms with van der Waals surface area (Å²) in [7, 11) is 0. The highest BCUT2D eigenvalue weighted by Crippen LogP contribution is 2.69. The van der Waals surface area contributed by atoms with E-state index in [0.29, 0.717) is 17.5 Å². The number of aromatic carboxylic acids is 1. The Hall–Kier alpha value is -1.78. The van der Waals surface area contributed by atoms with E-state index >= 15 is 0 Å². The van der Waals surface area contributed by atoms with Gasteiger partial charge in [-0.15, -0.1) is 0 Å². The summed E-state index contributed by atoms with van der Waals surface area (Å²) in [5.74, 6) is 1.73. The zero-order valence-corrected chi connectivity index (χ0v) is 11.3. The van der Waals surface area contributed by atoms with Gasteiger partial charge in [-0.1, -0.05) is 0 Å². The highest BCUT2D eigenvalue weighted by molar-refractivity contribution is 6.01. The van der Waals surface area contributed by atoms with Gasteiger partial charge in [0, 0.05) is 11.6 Å². The number of anilines is 1. The third-order valence-electron chi connectivity index (χ3n) is 5.46. The lowest BCUT2D eigenvalue weighted by molar-refractivity contribution is -0.118. The van der Waals surface area contributed by atoms with Crippen LogP contribution in [0.15, 0.2) is 6.07 Å². The molecule has 5 heteroatoms. The van der Waals surface area contributed by atoms with E-state index in [1.807, 2.05) is 0 Å². The Morgan fingerprint density at radius 1 is 1.30 bits per heavy atom.